The van der Waals surface area contributed by atoms with E-state index >= 15 is 0 Å². The molecule has 0 saturated carbocycles. The van der Waals surface area contributed by atoms with E-state index in [4.69, 9.17) is 11.6 Å². The van der Waals surface area contributed by atoms with Gasteiger partial charge in [-0.25, -0.2) is 18.1 Å². The molecule has 1 aliphatic heterocycles. The van der Waals surface area contributed by atoms with Gasteiger partial charge in [0.1, 0.15) is 0 Å². The van der Waals surface area contributed by atoms with Gasteiger partial charge in [0.05, 0.1) is 0 Å². The molecule has 0 amide bonds. The minimum atomic E-state index is -3.65. The molecular weight excluding hydrogens is 332 g/mol. The Labute approximate surface area is 132 Å². The number of aromatic nitrogens is 2. The summed E-state index contributed by atoms with van der Waals surface area (Å²) in [6.45, 7) is 5.53. The molecule has 1 atom stereocenters. The van der Waals surface area contributed by atoms with Gasteiger partial charge in [0.15, 0.2) is 15.1 Å². The quantitative estimate of drug-likeness (QED) is 0.892. The summed E-state index contributed by atoms with van der Waals surface area (Å²) in [6, 6.07) is 0. The average Bonchev–Trinajstić information content (AvgIpc) is 3.10. The fraction of sp³-hybridized carbons (Fsp3) is 0.583. The fourth-order valence-electron chi connectivity index (χ4n) is 2.64. The lowest BCUT2D eigenvalue weighted by atomic mass is 10.1. The first-order valence-electron chi connectivity index (χ1n) is 6.84. The Morgan fingerprint density at radius 3 is 3.10 bits per heavy atom. The van der Waals surface area contributed by atoms with Crippen molar-refractivity contribution in [2.24, 2.45) is 5.92 Å². The molecule has 21 heavy (non-hydrogen) atoms. The summed E-state index contributed by atoms with van der Waals surface area (Å²) in [4.78, 5) is 6.97. The first-order chi connectivity index (χ1) is 10.0. The van der Waals surface area contributed by atoms with Gasteiger partial charge in [-0.3, -0.25) is 4.40 Å². The van der Waals surface area contributed by atoms with E-state index in [0.29, 0.717) is 17.4 Å². The lowest BCUT2D eigenvalue weighted by molar-refractivity contribution is 0.342. The molecule has 1 unspecified atom stereocenters. The number of sulfonamides is 1. The topological polar surface area (TPSA) is 66.7 Å². The molecular formula is C12H17ClN4O2S2. The van der Waals surface area contributed by atoms with Crippen molar-refractivity contribution >= 4 is 37.9 Å². The maximum atomic E-state index is 12.5. The maximum absolute atomic E-state index is 12.5. The number of imidazole rings is 1. The van der Waals surface area contributed by atoms with E-state index in [-0.39, 0.29) is 10.2 Å². The second kappa shape index (κ2) is 5.85. The monoisotopic (exact) mass is 348 g/mol. The van der Waals surface area contributed by atoms with Crippen molar-refractivity contribution < 1.29 is 8.42 Å². The molecule has 0 bridgehead atoms. The van der Waals surface area contributed by atoms with Crippen molar-refractivity contribution in [3.05, 3.63) is 16.7 Å². The third-order valence-corrected chi connectivity index (χ3v) is 6.39. The van der Waals surface area contributed by atoms with E-state index in [0.717, 1.165) is 26.1 Å². The van der Waals surface area contributed by atoms with Gasteiger partial charge in [0.2, 0.25) is 0 Å². The third kappa shape index (κ3) is 2.95. The second-order valence-corrected chi connectivity index (χ2v) is 8.08. The van der Waals surface area contributed by atoms with Crippen LogP contribution in [0.15, 0.2) is 16.6 Å². The maximum Gasteiger partial charge on any atom is 0.259 e. The minimum absolute atomic E-state index is 0.0240. The van der Waals surface area contributed by atoms with Crippen molar-refractivity contribution in [3.63, 3.8) is 0 Å². The predicted octanol–water partition coefficient (Wildman–Crippen LogP) is 1.67. The van der Waals surface area contributed by atoms with Gasteiger partial charge in [0.25, 0.3) is 10.0 Å². The number of likely N-dealkylation sites (tertiary alicyclic amines) is 1. The summed E-state index contributed by atoms with van der Waals surface area (Å²) in [7, 11) is -3.65. The average molecular weight is 349 g/mol. The van der Waals surface area contributed by atoms with Crippen molar-refractivity contribution in [1.29, 1.82) is 0 Å². The third-order valence-electron chi connectivity index (χ3n) is 3.81. The van der Waals surface area contributed by atoms with E-state index in [1.165, 1.54) is 15.7 Å². The number of hydrogen-bond acceptors (Lipinski definition) is 5. The zero-order valence-corrected chi connectivity index (χ0v) is 14.0. The lowest BCUT2D eigenvalue weighted by Crippen LogP contribution is -2.31. The molecule has 1 saturated heterocycles. The molecule has 2 aromatic rings. The first-order valence-corrected chi connectivity index (χ1v) is 9.58. The largest absolute Gasteiger partial charge is 0.303 e. The second-order valence-electron chi connectivity index (χ2n) is 5.16. The Bertz CT molecular complexity index is 740. The standard InChI is InChI=1S/C12H17ClN4O2S2/c1-2-16-4-3-9(8-16)7-14-21(18,19)11-10(13)15-12-17(11)5-6-20-12/h5-6,9,14H,2-4,7-8H2,1H3. The van der Waals surface area contributed by atoms with Crippen LogP contribution in [0, 0.1) is 5.92 Å². The van der Waals surface area contributed by atoms with E-state index < -0.39 is 10.0 Å². The van der Waals surface area contributed by atoms with Gasteiger partial charge in [-0.15, -0.1) is 11.3 Å². The van der Waals surface area contributed by atoms with E-state index in [2.05, 4.69) is 21.5 Å². The van der Waals surface area contributed by atoms with Crippen LogP contribution in [0.2, 0.25) is 5.15 Å². The summed E-state index contributed by atoms with van der Waals surface area (Å²) < 4.78 is 29.1. The molecule has 9 heteroatoms. The molecule has 1 aliphatic rings. The molecule has 6 nitrogen and oxygen atoms in total. The van der Waals surface area contributed by atoms with Crippen LogP contribution in [0.5, 0.6) is 0 Å². The van der Waals surface area contributed by atoms with Crippen molar-refractivity contribution in [3.8, 4) is 0 Å². The number of halogens is 1. The van der Waals surface area contributed by atoms with E-state index in [1.807, 2.05) is 0 Å². The number of rotatable bonds is 5. The summed E-state index contributed by atoms with van der Waals surface area (Å²) in [5.41, 5.74) is 0. The van der Waals surface area contributed by atoms with Crippen LogP contribution in [0.25, 0.3) is 4.96 Å². The van der Waals surface area contributed by atoms with Crippen LogP contribution in [-0.4, -0.2) is 48.9 Å². The number of hydrogen-bond donors (Lipinski definition) is 1. The highest BCUT2D eigenvalue weighted by molar-refractivity contribution is 7.89. The number of fused-ring (bicyclic) bond motifs is 1. The number of thiazole rings is 1. The lowest BCUT2D eigenvalue weighted by Gasteiger charge is -2.13. The van der Waals surface area contributed by atoms with Crippen LogP contribution < -0.4 is 4.72 Å². The fourth-order valence-corrected chi connectivity index (χ4v) is 5.20. The van der Waals surface area contributed by atoms with Crippen LogP contribution in [-0.2, 0) is 10.0 Å². The summed E-state index contributed by atoms with van der Waals surface area (Å²) in [6.07, 6.45) is 2.69. The van der Waals surface area contributed by atoms with Gasteiger partial charge in [-0.2, -0.15) is 0 Å². The van der Waals surface area contributed by atoms with Crippen LogP contribution in [0.1, 0.15) is 13.3 Å². The minimum Gasteiger partial charge on any atom is -0.303 e. The highest BCUT2D eigenvalue weighted by Gasteiger charge is 2.27. The SMILES string of the molecule is CCN1CCC(CNS(=O)(=O)c2c(Cl)nc3sccn23)C1. The number of nitrogens with zero attached hydrogens (tertiary/aromatic N) is 3. The molecule has 1 fully saturated rings. The Morgan fingerprint density at radius 2 is 2.38 bits per heavy atom. The van der Waals surface area contributed by atoms with Gasteiger partial charge >= 0.3 is 0 Å². The molecule has 116 valence electrons. The van der Waals surface area contributed by atoms with E-state index in [9.17, 15) is 8.42 Å². The van der Waals surface area contributed by atoms with Crippen molar-refractivity contribution in [2.75, 3.05) is 26.2 Å². The molecule has 0 aromatic carbocycles. The summed E-state index contributed by atoms with van der Waals surface area (Å²) >= 11 is 7.34. The Balaban J connectivity index is 1.75. The Kier molecular flexibility index (Phi) is 4.24. The molecule has 1 N–H and O–H groups in total. The molecule has 3 rings (SSSR count). The molecule has 0 spiro atoms. The zero-order valence-electron chi connectivity index (χ0n) is 11.6. The summed E-state index contributed by atoms with van der Waals surface area (Å²) in [5.74, 6) is 0.351. The molecule has 0 radical (unpaired) electrons. The highest BCUT2D eigenvalue weighted by Crippen LogP contribution is 2.25. The normalized spacial score (nSPS) is 20.6. The molecule has 0 aliphatic carbocycles. The van der Waals surface area contributed by atoms with Crippen molar-refractivity contribution in [2.45, 2.75) is 18.4 Å². The predicted molar refractivity (Wildman–Crippen MR) is 83.5 cm³/mol. The van der Waals surface area contributed by atoms with Gasteiger partial charge in [-0.1, -0.05) is 18.5 Å². The molecule has 3 heterocycles. The Hall–Kier alpha value is -0.670. The summed E-state index contributed by atoms with van der Waals surface area (Å²) in [5, 5.41) is 1.84. The first kappa shape index (κ1) is 15.2. The van der Waals surface area contributed by atoms with Crippen LogP contribution >= 0.6 is 22.9 Å². The zero-order chi connectivity index (χ0) is 15.0. The Morgan fingerprint density at radius 1 is 1.57 bits per heavy atom. The van der Waals surface area contributed by atoms with Crippen LogP contribution in [0.4, 0.5) is 0 Å². The van der Waals surface area contributed by atoms with Gasteiger partial charge < -0.3 is 4.90 Å². The van der Waals surface area contributed by atoms with Gasteiger partial charge in [-0.05, 0) is 25.4 Å². The number of nitrogens with one attached hydrogen (secondary N) is 1. The highest BCUT2D eigenvalue weighted by atomic mass is 35.5. The smallest absolute Gasteiger partial charge is 0.259 e. The van der Waals surface area contributed by atoms with Crippen molar-refractivity contribution in [1.82, 2.24) is 19.0 Å². The molecule has 2 aromatic heterocycles. The van der Waals surface area contributed by atoms with E-state index in [1.54, 1.807) is 11.6 Å². The van der Waals surface area contributed by atoms with Crippen LogP contribution in [0.3, 0.4) is 0 Å². The van der Waals surface area contributed by atoms with Gasteiger partial charge in [0, 0.05) is 24.7 Å².